The summed E-state index contributed by atoms with van der Waals surface area (Å²) in [7, 11) is 0. The molecule has 3 unspecified atom stereocenters. The minimum atomic E-state index is -4.62. The van der Waals surface area contributed by atoms with Gasteiger partial charge in [0, 0.05) is 18.1 Å². The molecule has 0 saturated carbocycles. The van der Waals surface area contributed by atoms with Crippen LogP contribution in [-0.4, -0.2) is 37.6 Å². The second-order valence-corrected chi connectivity index (χ2v) is 7.88. The topological polar surface area (TPSA) is 71.6 Å². The van der Waals surface area contributed by atoms with E-state index in [1.165, 1.54) is 18.2 Å². The first-order chi connectivity index (χ1) is 15.7. The van der Waals surface area contributed by atoms with Crippen LogP contribution in [0.3, 0.4) is 0 Å². The standard InChI is InChI=1S/C22H22F5N3O3/c23-13-7-8-16(15(24)12-13)29-20(31)30-17-5-3-10-28-19(17)33-18-6-2-1-4-14(18)21(9-11-32-21)22(25,26)27/h1-2,4,6-8,12,17,19,28H,3,5,9-11H2,(H2,29,30,31). The summed E-state index contributed by atoms with van der Waals surface area (Å²) in [6, 6.07) is 7.11. The van der Waals surface area contributed by atoms with Crippen molar-refractivity contribution in [2.75, 3.05) is 18.5 Å². The smallest absolute Gasteiger partial charge is 0.421 e. The number of alkyl halides is 3. The van der Waals surface area contributed by atoms with E-state index in [0.717, 1.165) is 12.1 Å². The first kappa shape index (κ1) is 23.2. The molecule has 2 aromatic rings. The Labute approximate surface area is 186 Å². The quantitative estimate of drug-likeness (QED) is 0.565. The number of ether oxygens (including phenoxy) is 2. The van der Waals surface area contributed by atoms with Crippen molar-refractivity contribution in [2.24, 2.45) is 0 Å². The second-order valence-electron chi connectivity index (χ2n) is 7.88. The van der Waals surface area contributed by atoms with E-state index in [2.05, 4.69) is 16.0 Å². The zero-order valence-corrected chi connectivity index (χ0v) is 17.3. The summed E-state index contributed by atoms with van der Waals surface area (Å²) in [6.07, 6.45) is -4.54. The zero-order chi connectivity index (χ0) is 23.6. The summed E-state index contributed by atoms with van der Waals surface area (Å²) in [5.41, 5.74) is -2.78. The van der Waals surface area contributed by atoms with Gasteiger partial charge >= 0.3 is 12.2 Å². The highest BCUT2D eigenvalue weighted by atomic mass is 19.4. The number of rotatable bonds is 5. The van der Waals surface area contributed by atoms with Crippen LogP contribution in [0.4, 0.5) is 32.4 Å². The van der Waals surface area contributed by atoms with Gasteiger partial charge in [0.1, 0.15) is 17.4 Å². The molecule has 3 atom stereocenters. The second kappa shape index (κ2) is 9.14. The molecule has 2 saturated heterocycles. The van der Waals surface area contributed by atoms with Gasteiger partial charge in [-0.3, -0.25) is 5.32 Å². The lowest BCUT2D eigenvalue weighted by atomic mass is 9.85. The van der Waals surface area contributed by atoms with E-state index in [4.69, 9.17) is 9.47 Å². The van der Waals surface area contributed by atoms with Gasteiger partial charge in [-0.25, -0.2) is 13.6 Å². The molecule has 2 amide bonds. The SMILES string of the molecule is O=C(Nc1ccc(F)cc1F)NC1CCCNC1Oc1ccccc1C1(C(F)(F)F)CCO1. The van der Waals surface area contributed by atoms with Gasteiger partial charge in [0.2, 0.25) is 0 Å². The maximum Gasteiger partial charge on any atom is 0.421 e. The number of carbonyl (C=O) groups excluding carboxylic acids is 1. The first-order valence-corrected chi connectivity index (χ1v) is 10.4. The van der Waals surface area contributed by atoms with Gasteiger partial charge in [-0.2, -0.15) is 13.2 Å². The first-order valence-electron chi connectivity index (χ1n) is 10.4. The number of benzene rings is 2. The molecule has 4 rings (SSSR count). The molecule has 0 aliphatic carbocycles. The van der Waals surface area contributed by atoms with Crippen LogP contribution in [0.15, 0.2) is 42.5 Å². The highest BCUT2D eigenvalue weighted by molar-refractivity contribution is 5.89. The number of amides is 2. The molecule has 2 aliphatic rings. The number of para-hydroxylation sites is 1. The monoisotopic (exact) mass is 471 g/mol. The van der Waals surface area contributed by atoms with Gasteiger partial charge in [-0.1, -0.05) is 18.2 Å². The Morgan fingerprint density at radius 1 is 1.18 bits per heavy atom. The number of carbonyl (C=O) groups is 1. The van der Waals surface area contributed by atoms with Crippen molar-refractivity contribution in [1.29, 1.82) is 0 Å². The number of halogens is 5. The number of urea groups is 1. The molecule has 2 heterocycles. The van der Waals surface area contributed by atoms with Crippen LogP contribution < -0.4 is 20.7 Å². The molecule has 0 radical (unpaired) electrons. The molecular formula is C22H22F5N3O3. The Balaban J connectivity index is 1.49. The molecule has 0 spiro atoms. The fourth-order valence-electron chi connectivity index (χ4n) is 3.98. The molecule has 33 heavy (non-hydrogen) atoms. The lowest BCUT2D eigenvalue weighted by molar-refractivity contribution is -0.334. The highest BCUT2D eigenvalue weighted by Gasteiger charge is 2.62. The fourth-order valence-corrected chi connectivity index (χ4v) is 3.98. The van der Waals surface area contributed by atoms with Gasteiger partial charge in [0.15, 0.2) is 11.8 Å². The van der Waals surface area contributed by atoms with E-state index in [-0.39, 0.29) is 30.0 Å². The fraction of sp³-hybridized carbons (Fsp3) is 0.409. The Bertz CT molecular complexity index is 1010. The summed E-state index contributed by atoms with van der Waals surface area (Å²) >= 11 is 0. The van der Waals surface area contributed by atoms with Crippen LogP contribution in [0.2, 0.25) is 0 Å². The van der Waals surface area contributed by atoms with E-state index in [1.807, 2.05) is 0 Å². The van der Waals surface area contributed by atoms with Crippen LogP contribution in [0, 0.1) is 11.6 Å². The molecule has 3 N–H and O–H groups in total. The maximum atomic E-state index is 13.8. The number of hydrogen-bond acceptors (Lipinski definition) is 4. The van der Waals surface area contributed by atoms with Crippen LogP contribution >= 0.6 is 0 Å². The molecule has 2 aromatic carbocycles. The van der Waals surface area contributed by atoms with Gasteiger partial charge in [-0.15, -0.1) is 0 Å². The minimum absolute atomic E-state index is 0.00860. The molecule has 0 aromatic heterocycles. The van der Waals surface area contributed by atoms with Crippen molar-refractivity contribution >= 4 is 11.7 Å². The van der Waals surface area contributed by atoms with Gasteiger partial charge in [0.25, 0.3) is 0 Å². The molecule has 2 fully saturated rings. The minimum Gasteiger partial charge on any atom is -0.473 e. The average Bonchev–Trinajstić information content (AvgIpc) is 2.71. The predicted molar refractivity (Wildman–Crippen MR) is 109 cm³/mol. The Morgan fingerprint density at radius 3 is 2.61 bits per heavy atom. The summed E-state index contributed by atoms with van der Waals surface area (Å²) < 4.78 is 79.2. The molecule has 0 bridgehead atoms. The Kier molecular flexibility index (Phi) is 6.44. The van der Waals surface area contributed by atoms with Crippen LogP contribution in [0.5, 0.6) is 5.75 Å². The summed E-state index contributed by atoms with van der Waals surface area (Å²) in [6.45, 7) is 0.514. The van der Waals surface area contributed by atoms with Gasteiger partial charge < -0.3 is 20.1 Å². The van der Waals surface area contributed by atoms with Crippen LogP contribution in [0.25, 0.3) is 0 Å². The third-order valence-electron chi connectivity index (χ3n) is 5.74. The summed E-state index contributed by atoms with van der Waals surface area (Å²) in [5.74, 6) is -1.73. The van der Waals surface area contributed by atoms with E-state index in [0.29, 0.717) is 25.5 Å². The largest absolute Gasteiger partial charge is 0.473 e. The maximum absolute atomic E-state index is 13.8. The molecule has 6 nitrogen and oxygen atoms in total. The van der Waals surface area contributed by atoms with E-state index in [9.17, 15) is 26.7 Å². The number of nitrogens with one attached hydrogen (secondary N) is 3. The van der Waals surface area contributed by atoms with Crippen molar-refractivity contribution in [1.82, 2.24) is 10.6 Å². The Morgan fingerprint density at radius 2 is 1.94 bits per heavy atom. The Hall–Kier alpha value is -2.92. The van der Waals surface area contributed by atoms with Crippen LogP contribution in [-0.2, 0) is 10.3 Å². The van der Waals surface area contributed by atoms with Gasteiger partial charge in [-0.05, 0) is 37.6 Å². The normalized spacial score (nSPS) is 25.1. The third kappa shape index (κ3) is 4.74. The van der Waals surface area contributed by atoms with Crippen molar-refractivity contribution < 1.29 is 36.2 Å². The lowest BCUT2D eigenvalue weighted by Gasteiger charge is -2.44. The average molecular weight is 471 g/mol. The van der Waals surface area contributed by atoms with E-state index in [1.54, 1.807) is 6.07 Å². The molecule has 11 heteroatoms. The van der Waals surface area contributed by atoms with E-state index >= 15 is 0 Å². The summed E-state index contributed by atoms with van der Waals surface area (Å²) in [4.78, 5) is 12.4. The molecule has 2 aliphatic heterocycles. The number of piperidine rings is 1. The van der Waals surface area contributed by atoms with Crippen molar-refractivity contribution in [2.45, 2.75) is 43.3 Å². The van der Waals surface area contributed by atoms with Crippen molar-refractivity contribution in [3.63, 3.8) is 0 Å². The lowest BCUT2D eigenvalue weighted by Crippen LogP contribution is -2.57. The summed E-state index contributed by atoms with van der Waals surface area (Å²) in [5, 5.41) is 7.99. The highest BCUT2D eigenvalue weighted by Crippen LogP contribution is 2.52. The number of hydrogen-bond donors (Lipinski definition) is 3. The van der Waals surface area contributed by atoms with E-state index < -0.39 is 41.7 Å². The predicted octanol–water partition coefficient (Wildman–Crippen LogP) is 4.42. The van der Waals surface area contributed by atoms with Gasteiger partial charge in [0.05, 0.1) is 18.3 Å². The zero-order valence-electron chi connectivity index (χ0n) is 17.3. The van der Waals surface area contributed by atoms with Crippen molar-refractivity contribution in [3.8, 4) is 5.75 Å². The van der Waals surface area contributed by atoms with Crippen LogP contribution in [0.1, 0.15) is 24.8 Å². The van der Waals surface area contributed by atoms with Crippen molar-refractivity contribution in [3.05, 3.63) is 59.7 Å². The third-order valence-corrected chi connectivity index (χ3v) is 5.74. The molecular weight excluding hydrogens is 449 g/mol. The number of anilines is 1. The molecule has 178 valence electrons.